The topological polar surface area (TPSA) is 54.5 Å². The molecular formula is C17H25N3O2. The molecule has 1 amide bonds. The molecule has 1 atom stereocenters. The first-order valence-electron chi connectivity index (χ1n) is 8.32. The molecule has 2 fully saturated rings. The zero-order valence-corrected chi connectivity index (χ0v) is 13.3. The third kappa shape index (κ3) is 3.77. The third-order valence-corrected chi connectivity index (χ3v) is 4.65. The maximum Gasteiger partial charge on any atom is 0.253 e. The molecule has 120 valence electrons. The maximum absolute atomic E-state index is 12.3. The van der Waals surface area contributed by atoms with Gasteiger partial charge in [0.15, 0.2) is 0 Å². The van der Waals surface area contributed by atoms with Crippen LogP contribution < -0.4 is 10.2 Å². The fourth-order valence-corrected chi connectivity index (χ4v) is 3.11. The van der Waals surface area contributed by atoms with E-state index in [2.05, 4.69) is 22.1 Å². The van der Waals surface area contributed by atoms with Gasteiger partial charge in [0.25, 0.3) is 5.91 Å². The number of nitrogens with zero attached hydrogens (tertiary/aromatic N) is 2. The van der Waals surface area contributed by atoms with Gasteiger partial charge in [0.05, 0.1) is 23.6 Å². The second kappa shape index (κ2) is 7.09. The van der Waals surface area contributed by atoms with Gasteiger partial charge in [-0.3, -0.25) is 9.78 Å². The first-order valence-corrected chi connectivity index (χ1v) is 8.32. The smallest absolute Gasteiger partial charge is 0.253 e. The average Bonchev–Trinajstić information content (AvgIpc) is 3.07. The number of nitrogens with one attached hydrogen (secondary N) is 1. The molecule has 5 heteroatoms. The van der Waals surface area contributed by atoms with E-state index in [1.807, 2.05) is 12.3 Å². The molecule has 2 saturated heterocycles. The van der Waals surface area contributed by atoms with Crippen molar-refractivity contribution in [2.24, 2.45) is 5.92 Å². The van der Waals surface area contributed by atoms with Gasteiger partial charge in [-0.05, 0) is 37.7 Å². The van der Waals surface area contributed by atoms with Crippen LogP contribution in [0.15, 0.2) is 18.5 Å². The number of rotatable bonds is 4. The molecule has 0 aliphatic carbocycles. The van der Waals surface area contributed by atoms with Gasteiger partial charge >= 0.3 is 0 Å². The van der Waals surface area contributed by atoms with E-state index < -0.39 is 0 Å². The van der Waals surface area contributed by atoms with E-state index in [-0.39, 0.29) is 12.0 Å². The number of anilines is 1. The van der Waals surface area contributed by atoms with Crippen molar-refractivity contribution in [1.82, 2.24) is 10.3 Å². The van der Waals surface area contributed by atoms with Gasteiger partial charge in [0.1, 0.15) is 0 Å². The zero-order valence-electron chi connectivity index (χ0n) is 13.3. The lowest BCUT2D eigenvalue weighted by Crippen LogP contribution is -2.34. The number of piperidine rings is 1. The van der Waals surface area contributed by atoms with Crippen LogP contribution in [0.5, 0.6) is 0 Å². The van der Waals surface area contributed by atoms with Crippen molar-refractivity contribution in [3.8, 4) is 0 Å². The summed E-state index contributed by atoms with van der Waals surface area (Å²) < 4.78 is 5.53. The molecule has 1 aromatic heterocycles. The lowest BCUT2D eigenvalue weighted by Gasteiger charge is -2.32. The second-order valence-electron chi connectivity index (χ2n) is 6.45. The molecule has 3 heterocycles. The van der Waals surface area contributed by atoms with Crippen molar-refractivity contribution in [1.29, 1.82) is 0 Å². The van der Waals surface area contributed by atoms with Crippen LogP contribution in [0.1, 0.15) is 43.0 Å². The van der Waals surface area contributed by atoms with Crippen LogP contribution in [-0.4, -0.2) is 43.2 Å². The summed E-state index contributed by atoms with van der Waals surface area (Å²) in [7, 11) is 0. The molecule has 0 bridgehead atoms. The molecule has 1 unspecified atom stereocenters. The van der Waals surface area contributed by atoms with Crippen LogP contribution in [0.25, 0.3) is 0 Å². The highest BCUT2D eigenvalue weighted by molar-refractivity contribution is 5.94. The quantitative estimate of drug-likeness (QED) is 0.927. The van der Waals surface area contributed by atoms with Crippen LogP contribution in [0.4, 0.5) is 5.69 Å². The number of hydrogen-bond donors (Lipinski definition) is 1. The summed E-state index contributed by atoms with van der Waals surface area (Å²) in [5, 5.41) is 2.96. The third-order valence-electron chi connectivity index (χ3n) is 4.65. The molecule has 2 aliphatic rings. The second-order valence-corrected chi connectivity index (χ2v) is 6.45. The van der Waals surface area contributed by atoms with Crippen molar-refractivity contribution in [2.45, 2.75) is 38.7 Å². The maximum atomic E-state index is 12.3. The number of carbonyl (C=O) groups excluding carboxylic acids is 1. The summed E-state index contributed by atoms with van der Waals surface area (Å²) in [6.07, 6.45) is 8.19. The highest BCUT2D eigenvalue weighted by Gasteiger charge is 2.19. The number of amides is 1. The standard InChI is InChI=1S/C17H25N3O2/c1-13-4-6-20(7-5-13)15-9-14(10-18-11-15)17(21)19-12-16-3-2-8-22-16/h9-11,13,16H,2-8,12H2,1H3,(H,19,21). The highest BCUT2D eigenvalue weighted by atomic mass is 16.5. The number of aromatic nitrogens is 1. The number of carbonyl (C=O) groups is 1. The fourth-order valence-electron chi connectivity index (χ4n) is 3.11. The molecule has 1 aromatic rings. The van der Waals surface area contributed by atoms with E-state index in [1.54, 1.807) is 6.20 Å². The van der Waals surface area contributed by atoms with Crippen molar-refractivity contribution < 1.29 is 9.53 Å². The summed E-state index contributed by atoms with van der Waals surface area (Å²) in [5.41, 5.74) is 1.69. The minimum atomic E-state index is -0.0600. The molecule has 0 aromatic carbocycles. The van der Waals surface area contributed by atoms with Crippen LogP contribution in [0.3, 0.4) is 0 Å². The molecule has 0 spiro atoms. The van der Waals surface area contributed by atoms with Crippen molar-refractivity contribution >= 4 is 11.6 Å². The normalized spacial score (nSPS) is 22.8. The predicted molar refractivity (Wildman–Crippen MR) is 86.2 cm³/mol. The Morgan fingerprint density at radius 3 is 2.91 bits per heavy atom. The van der Waals surface area contributed by atoms with E-state index in [0.29, 0.717) is 12.1 Å². The highest BCUT2D eigenvalue weighted by Crippen LogP contribution is 2.23. The minimum absolute atomic E-state index is 0.0600. The fraction of sp³-hybridized carbons (Fsp3) is 0.647. The molecule has 22 heavy (non-hydrogen) atoms. The molecule has 3 rings (SSSR count). The van der Waals surface area contributed by atoms with Gasteiger partial charge in [-0.15, -0.1) is 0 Å². The summed E-state index contributed by atoms with van der Waals surface area (Å²) in [4.78, 5) is 18.8. The van der Waals surface area contributed by atoms with Gasteiger partial charge < -0.3 is 15.0 Å². The van der Waals surface area contributed by atoms with Gasteiger partial charge in [0, 0.05) is 32.4 Å². The molecular weight excluding hydrogens is 278 g/mol. The Bertz CT molecular complexity index is 506. The Labute approximate surface area is 132 Å². The molecule has 0 radical (unpaired) electrons. The van der Waals surface area contributed by atoms with E-state index in [4.69, 9.17) is 4.74 Å². The Balaban J connectivity index is 1.59. The van der Waals surface area contributed by atoms with Crippen molar-refractivity contribution in [2.75, 3.05) is 31.1 Å². The lowest BCUT2D eigenvalue weighted by atomic mass is 9.99. The van der Waals surface area contributed by atoms with Crippen LogP contribution in [0, 0.1) is 5.92 Å². The summed E-state index contributed by atoms with van der Waals surface area (Å²) in [5.74, 6) is 0.734. The molecule has 2 aliphatic heterocycles. The number of ether oxygens (including phenoxy) is 1. The summed E-state index contributed by atoms with van der Waals surface area (Å²) in [6, 6.07) is 1.95. The van der Waals surface area contributed by atoms with Gasteiger partial charge in [-0.25, -0.2) is 0 Å². The van der Waals surface area contributed by atoms with Gasteiger partial charge in [-0.2, -0.15) is 0 Å². The van der Waals surface area contributed by atoms with E-state index in [0.717, 1.165) is 44.1 Å². The number of pyridine rings is 1. The van der Waals surface area contributed by atoms with Crippen LogP contribution >= 0.6 is 0 Å². The van der Waals surface area contributed by atoms with Crippen LogP contribution in [-0.2, 0) is 4.74 Å². The zero-order chi connectivity index (χ0) is 15.4. The Morgan fingerprint density at radius 2 is 2.18 bits per heavy atom. The van der Waals surface area contributed by atoms with E-state index in [9.17, 15) is 4.79 Å². The molecule has 1 N–H and O–H groups in total. The monoisotopic (exact) mass is 303 g/mol. The Kier molecular flexibility index (Phi) is 4.93. The average molecular weight is 303 g/mol. The van der Waals surface area contributed by atoms with E-state index >= 15 is 0 Å². The van der Waals surface area contributed by atoms with Crippen molar-refractivity contribution in [3.05, 3.63) is 24.0 Å². The predicted octanol–water partition coefficient (Wildman–Crippen LogP) is 2.23. The molecule has 0 saturated carbocycles. The van der Waals surface area contributed by atoms with Crippen LogP contribution in [0.2, 0.25) is 0 Å². The summed E-state index contributed by atoms with van der Waals surface area (Å²) >= 11 is 0. The SMILES string of the molecule is CC1CCN(c2cncc(C(=O)NCC3CCCO3)c2)CC1. The lowest BCUT2D eigenvalue weighted by molar-refractivity contribution is 0.0857. The van der Waals surface area contributed by atoms with Crippen molar-refractivity contribution in [3.63, 3.8) is 0 Å². The number of hydrogen-bond acceptors (Lipinski definition) is 4. The van der Waals surface area contributed by atoms with Gasteiger partial charge in [-0.1, -0.05) is 6.92 Å². The summed E-state index contributed by atoms with van der Waals surface area (Å²) in [6.45, 7) is 5.79. The first kappa shape index (κ1) is 15.3. The van der Waals surface area contributed by atoms with Gasteiger partial charge in [0.2, 0.25) is 0 Å². The first-order chi connectivity index (χ1) is 10.7. The minimum Gasteiger partial charge on any atom is -0.376 e. The molecule has 5 nitrogen and oxygen atoms in total. The van der Waals surface area contributed by atoms with E-state index in [1.165, 1.54) is 12.8 Å². The Morgan fingerprint density at radius 1 is 1.36 bits per heavy atom. The largest absolute Gasteiger partial charge is 0.376 e. The Hall–Kier alpha value is -1.62.